The van der Waals surface area contributed by atoms with Crippen LogP contribution in [0.1, 0.15) is 69.9 Å². The highest BCUT2D eigenvalue weighted by Crippen LogP contribution is 2.34. The number of carbonyl (C=O) groups excluding carboxylic acids is 3. The first-order valence-electron chi connectivity index (χ1n) is 15.5. The van der Waals surface area contributed by atoms with Crippen molar-refractivity contribution in [3.8, 4) is 11.8 Å². The van der Waals surface area contributed by atoms with Crippen LogP contribution in [0.4, 0.5) is 0 Å². The number of piperazine rings is 1. The predicted molar refractivity (Wildman–Crippen MR) is 155 cm³/mol. The lowest BCUT2D eigenvalue weighted by Gasteiger charge is -2.45. The van der Waals surface area contributed by atoms with E-state index in [1.165, 1.54) is 0 Å². The van der Waals surface area contributed by atoms with E-state index in [0.29, 0.717) is 32.7 Å². The Morgan fingerprint density at radius 1 is 1.14 bits per heavy atom. The fraction of sp³-hybridized carbons (Fsp3) is 0.677. The van der Waals surface area contributed by atoms with Crippen LogP contribution >= 0.6 is 0 Å². The topological polar surface area (TPSA) is 150 Å². The number of nitrogens with zero attached hydrogens (tertiary/aromatic N) is 3. The summed E-state index contributed by atoms with van der Waals surface area (Å²) in [5.41, 5.74) is 6.89. The Morgan fingerprint density at radius 2 is 1.93 bits per heavy atom. The van der Waals surface area contributed by atoms with E-state index in [1.54, 1.807) is 4.90 Å². The number of hydrogen-bond acceptors (Lipinski definition) is 8. The zero-order valence-corrected chi connectivity index (χ0v) is 24.5. The molecule has 4 aliphatic rings. The fourth-order valence-corrected chi connectivity index (χ4v) is 7.09. The first kappa shape index (κ1) is 30.3. The number of fused-ring (bicyclic) bond motifs is 2. The number of nitrogens with one attached hydrogen (secondary N) is 2. The molecule has 5 rings (SSSR count). The molecule has 0 bridgehead atoms. The number of nitriles is 1. The summed E-state index contributed by atoms with van der Waals surface area (Å²) in [6.07, 6.45) is 6.03. The van der Waals surface area contributed by atoms with Gasteiger partial charge in [0.2, 0.25) is 17.7 Å². The van der Waals surface area contributed by atoms with Crippen molar-refractivity contribution in [2.45, 2.75) is 94.6 Å². The SMILES string of the molecule is CCO[C@@H]1C[C@@H]2CN(C(=O)[C@@H](NC(=O)[C@@H](N)CC#N)C3CCCCC3)[C@H](C(=O)N[C@@H]3CCOc4ccccc43)CN2C1. The molecule has 42 heavy (non-hydrogen) atoms. The Morgan fingerprint density at radius 3 is 2.69 bits per heavy atom. The maximum atomic E-state index is 14.5. The van der Waals surface area contributed by atoms with Gasteiger partial charge in [-0.25, -0.2) is 0 Å². The van der Waals surface area contributed by atoms with Gasteiger partial charge < -0.3 is 30.7 Å². The molecular weight excluding hydrogens is 536 g/mol. The maximum absolute atomic E-state index is 14.5. The van der Waals surface area contributed by atoms with Gasteiger partial charge in [0, 0.05) is 44.3 Å². The maximum Gasteiger partial charge on any atom is 0.246 e. The lowest BCUT2D eigenvalue weighted by atomic mass is 9.82. The van der Waals surface area contributed by atoms with E-state index >= 15 is 0 Å². The number of carbonyl (C=O) groups is 3. The van der Waals surface area contributed by atoms with Crippen molar-refractivity contribution in [2.75, 3.05) is 32.8 Å². The van der Waals surface area contributed by atoms with Crippen molar-refractivity contribution in [1.82, 2.24) is 20.4 Å². The summed E-state index contributed by atoms with van der Waals surface area (Å²) in [5.74, 6) is -0.243. The molecule has 0 radical (unpaired) electrons. The molecule has 3 heterocycles. The van der Waals surface area contributed by atoms with Crippen molar-refractivity contribution in [2.24, 2.45) is 11.7 Å². The lowest BCUT2D eigenvalue weighted by molar-refractivity contribution is -0.149. The van der Waals surface area contributed by atoms with E-state index in [4.69, 9.17) is 20.5 Å². The Labute approximate surface area is 248 Å². The van der Waals surface area contributed by atoms with Gasteiger partial charge in [0.25, 0.3) is 0 Å². The molecule has 11 nitrogen and oxygen atoms in total. The van der Waals surface area contributed by atoms with E-state index in [2.05, 4.69) is 15.5 Å². The van der Waals surface area contributed by atoms with Crippen molar-refractivity contribution in [3.63, 3.8) is 0 Å². The van der Waals surface area contributed by atoms with Gasteiger partial charge in [0.1, 0.15) is 17.8 Å². The van der Waals surface area contributed by atoms with Gasteiger partial charge in [0.15, 0.2) is 0 Å². The van der Waals surface area contributed by atoms with Crippen LogP contribution in [-0.4, -0.2) is 90.6 Å². The van der Waals surface area contributed by atoms with Gasteiger partial charge in [0.05, 0.1) is 37.3 Å². The van der Waals surface area contributed by atoms with E-state index in [9.17, 15) is 14.4 Å². The van der Waals surface area contributed by atoms with Gasteiger partial charge >= 0.3 is 0 Å². The first-order valence-corrected chi connectivity index (χ1v) is 15.5. The van der Waals surface area contributed by atoms with Gasteiger partial charge in [-0.05, 0) is 38.2 Å². The van der Waals surface area contributed by atoms with Gasteiger partial charge in [-0.2, -0.15) is 5.26 Å². The Kier molecular flexibility index (Phi) is 9.98. The Bertz CT molecular complexity index is 1170. The highest BCUT2D eigenvalue weighted by Gasteiger charge is 2.47. The molecule has 3 amide bonds. The van der Waals surface area contributed by atoms with Crippen molar-refractivity contribution >= 4 is 17.7 Å². The molecule has 11 heteroatoms. The third-order valence-corrected chi connectivity index (χ3v) is 9.28. The molecule has 3 aliphatic heterocycles. The molecule has 3 fully saturated rings. The minimum atomic E-state index is -1.01. The van der Waals surface area contributed by atoms with Crippen LogP contribution in [0.15, 0.2) is 24.3 Å². The lowest BCUT2D eigenvalue weighted by Crippen LogP contribution is -2.66. The average molecular weight is 581 g/mol. The summed E-state index contributed by atoms with van der Waals surface area (Å²) < 4.78 is 11.7. The molecule has 1 aromatic carbocycles. The molecule has 0 aromatic heterocycles. The minimum absolute atomic E-state index is 0.0478. The summed E-state index contributed by atoms with van der Waals surface area (Å²) >= 11 is 0. The number of nitrogens with two attached hydrogens (primary N) is 1. The molecular formula is C31H44N6O5. The normalized spacial score (nSPS) is 27.5. The van der Waals surface area contributed by atoms with Crippen molar-refractivity contribution in [1.29, 1.82) is 5.26 Å². The molecule has 6 atom stereocenters. The molecule has 4 N–H and O–H groups in total. The Hall–Kier alpha value is -3.20. The Balaban J connectivity index is 1.40. The van der Waals surface area contributed by atoms with Gasteiger partial charge in [-0.1, -0.05) is 37.5 Å². The summed E-state index contributed by atoms with van der Waals surface area (Å²) in [6.45, 7) is 4.59. The first-order chi connectivity index (χ1) is 20.4. The highest BCUT2D eigenvalue weighted by atomic mass is 16.5. The summed E-state index contributed by atoms with van der Waals surface area (Å²) in [6, 6.07) is 6.97. The van der Waals surface area contributed by atoms with E-state index in [-0.39, 0.29) is 42.3 Å². The van der Waals surface area contributed by atoms with Crippen molar-refractivity contribution in [3.05, 3.63) is 29.8 Å². The molecule has 228 valence electrons. The van der Waals surface area contributed by atoms with Gasteiger partial charge in [-0.15, -0.1) is 0 Å². The van der Waals surface area contributed by atoms with E-state index in [0.717, 1.165) is 56.4 Å². The van der Waals surface area contributed by atoms with Gasteiger partial charge in [-0.3, -0.25) is 19.3 Å². The second kappa shape index (κ2) is 13.8. The molecule has 1 aliphatic carbocycles. The third kappa shape index (κ3) is 6.72. The molecule has 0 unspecified atom stereocenters. The highest BCUT2D eigenvalue weighted by molar-refractivity contribution is 5.94. The van der Waals surface area contributed by atoms with E-state index < -0.39 is 24.0 Å². The third-order valence-electron chi connectivity index (χ3n) is 9.28. The van der Waals surface area contributed by atoms with Crippen LogP contribution in [0.5, 0.6) is 5.75 Å². The quantitative estimate of drug-likeness (QED) is 0.399. The number of amides is 3. The average Bonchev–Trinajstić information content (AvgIpc) is 3.41. The largest absolute Gasteiger partial charge is 0.493 e. The number of ether oxygens (including phenoxy) is 2. The molecule has 2 saturated heterocycles. The zero-order valence-electron chi connectivity index (χ0n) is 24.5. The summed E-state index contributed by atoms with van der Waals surface area (Å²) in [5, 5.41) is 15.2. The standard InChI is InChI=1S/C31H44N6O5/c1-2-41-22-16-21-17-37(31(40)28(20-8-4-3-5-9-20)35-29(38)24(33)12-14-32)26(19-36(21)18-22)30(39)34-25-13-15-42-27-11-7-6-10-23(25)27/h6-7,10-11,20-22,24-26,28H,2-5,8-9,12-13,15-19,33H2,1H3,(H,34,39)(H,35,38)/t21-,22-,24+,25-,26+,28+/m1/s1. The van der Waals surface area contributed by atoms with Crippen LogP contribution in [0, 0.1) is 17.2 Å². The smallest absolute Gasteiger partial charge is 0.246 e. The summed E-state index contributed by atoms with van der Waals surface area (Å²) in [4.78, 5) is 45.5. The van der Waals surface area contributed by atoms with Crippen LogP contribution < -0.4 is 21.1 Å². The van der Waals surface area contributed by atoms with Crippen LogP contribution in [0.2, 0.25) is 0 Å². The van der Waals surface area contributed by atoms with E-state index in [1.807, 2.05) is 37.3 Å². The van der Waals surface area contributed by atoms with Crippen molar-refractivity contribution < 1.29 is 23.9 Å². The van der Waals surface area contributed by atoms with Crippen LogP contribution in [-0.2, 0) is 19.1 Å². The second-order valence-corrected chi connectivity index (χ2v) is 12.0. The zero-order chi connectivity index (χ0) is 29.6. The number of benzene rings is 1. The number of rotatable bonds is 9. The monoisotopic (exact) mass is 580 g/mol. The summed E-state index contributed by atoms with van der Waals surface area (Å²) in [7, 11) is 0. The fourth-order valence-electron chi connectivity index (χ4n) is 7.09. The second-order valence-electron chi connectivity index (χ2n) is 12.0. The minimum Gasteiger partial charge on any atom is -0.493 e. The molecule has 1 saturated carbocycles. The number of para-hydroxylation sites is 1. The molecule has 0 spiro atoms. The number of hydrogen-bond donors (Lipinski definition) is 3. The van der Waals surface area contributed by atoms with Crippen LogP contribution in [0.25, 0.3) is 0 Å². The molecule has 1 aromatic rings. The van der Waals surface area contributed by atoms with Crippen LogP contribution in [0.3, 0.4) is 0 Å². The predicted octanol–water partition coefficient (Wildman–Crippen LogP) is 1.62.